The topological polar surface area (TPSA) is 54.4 Å². The van der Waals surface area contributed by atoms with E-state index >= 15 is 0 Å². The van der Waals surface area contributed by atoms with Gasteiger partial charge in [-0.2, -0.15) is 0 Å². The summed E-state index contributed by atoms with van der Waals surface area (Å²) < 4.78 is 0. The summed E-state index contributed by atoms with van der Waals surface area (Å²) >= 11 is 0. The van der Waals surface area contributed by atoms with Crippen LogP contribution in [-0.2, 0) is 9.59 Å². The quantitative estimate of drug-likeness (QED) is 0.613. The van der Waals surface area contributed by atoms with Crippen molar-refractivity contribution in [1.82, 2.24) is 0 Å². The van der Waals surface area contributed by atoms with Gasteiger partial charge in [-0.15, -0.1) is 0 Å². The Morgan fingerprint density at radius 1 is 1.21 bits per heavy atom. The van der Waals surface area contributed by atoms with Crippen molar-refractivity contribution in [3.05, 3.63) is 0 Å². The van der Waals surface area contributed by atoms with Gasteiger partial charge in [0.15, 0.2) is 0 Å². The molecule has 0 amide bonds. The highest BCUT2D eigenvalue weighted by molar-refractivity contribution is 5.81. The summed E-state index contributed by atoms with van der Waals surface area (Å²) in [6.45, 7) is 3.56. The molecule has 14 heavy (non-hydrogen) atoms. The first-order valence-electron chi connectivity index (χ1n) is 5.30. The maximum Gasteiger partial charge on any atom is 0.306 e. The first-order chi connectivity index (χ1) is 6.57. The minimum absolute atomic E-state index is 0.0344. The van der Waals surface area contributed by atoms with Crippen molar-refractivity contribution < 1.29 is 14.7 Å². The summed E-state index contributed by atoms with van der Waals surface area (Å²) in [6, 6.07) is 0. The van der Waals surface area contributed by atoms with E-state index in [4.69, 9.17) is 5.11 Å². The number of rotatable bonds is 8. The molecular formula is C11H20O3. The molecule has 0 saturated carbocycles. The molecule has 0 bridgehead atoms. The lowest BCUT2D eigenvalue weighted by atomic mass is 9.96. The van der Waals surface area contributed by atoms with Crippen molar-refractivity contribution in [3.63, 3.8) is 0 Å². The van der Waals surface area contributed by atoms with Crippen LogP contribution in [0.5, 0.6) is 0 Å². The molecule has 0 radical (unpaired) electrons. The molecule has 0 aliphatic rings. The molecule has 1 N–H and O–H groups in total. The average molecular weight is 200 g/mol. The molecule has 0 aromatic carbocycles. The van der Waals surface area contributed by atoms with E-state index in [-0.39, 0.29) is 12.2 Å². The lowest BCUT2D eigenvalue weighted by molar-refractivity contribution is -0.143. The zero-order valence-corrected chi connectivity index (χ0v) is 9.08. The van der Waals surface area contributed by atoms with Crippen LogP contribution in [0.1, 0.15) is 52.4 Å². The molecule has 3 nitrogen and oxygen atoms in total. The molecule has 0 fully saturated rings. The second-order valence-electron chi connectivity index (χ2n) is 3.79. The van der Waals surface area contributed by atoms with Gasteiger partial charge in [0.2, 0.25) is 0 Å². The highest BCUT2D eigenvalue weighted by Crippen LogP contribution is 2.15. The van der Waals surface area contributed by atoms with Crippen molar-refractivity contribution in [2.75, 3.05) is 0 Å². The third kappa shape index (κ3) is 6.63. The average Bonchev–Trinajstić information content (AvgIpc) is 2.09. The van der Waals surface area contributed by atoms with E-state index < -0.39 is 11.9 Å². The van der Waals surface area contributed by atoms with Crippen LogP contribution >= 0.6 is 0 Å². The molecule has 0 rings (SSSR count). The predicted molar refractivity (Wildman–Crippen MR) is 55.2 cm³/mol. The number of carboxylic acids is 1. The number of ketones is 1. The number of aliphatic carboxylic acids is 1. The van der Waals surface area contributed by atoms with Crippen LogP contribution in [0.4, 0.5) is 0 Å². The number of carbonyl (C=O) groups is 2. The van der Waals surface area contributed by atoms with E-state index in [1.54, 1.807) is 0 Å². The monoisotopic (exact) mass is 200 g/mol. The van der Waals surface area contributed by atoms with Crippen molar-refractivity contribution in [3.8, 4) is 0 Å². The molecular weight excluding hydrogens is 180 g/mol. The van der Waals surface area contributed by atoms with E-state index in [0.717, 1.165) is 25.7 Å². The minimum Gasteiger partial charge on any atom is -0.481 e. The Balaban J connectivity index is 3.74. The van der Waals surface area contributed by atoms with Gasteiger partial charge in [0.1, 0.15) is 5.78 Å². The van der Waals surface area contributed by atoms with Crippen molar-refractivity contribution in [2.24, 2.45) is 5.92 Å². The molecule has 1 atom stereocenters. The maximum atomic E-state index is 10.8. The first-order valence-corrected chi connectivity index (χ1v) is 5.30. The molecule has 0 saturated heterocycles. The molecule has 0 heterocycles. The summed E-state index contributed by atoms with van der Waals surface area (Å²) in [7, 11) is 0. The summed E-state index contributed by atoms with van der Waals surface area (Å²) in [4.78, 5) is 21.5. The summed E-state index contributed by atoms with van der Waals surface area (Å²) in [5, 5.41) is 8.83. The fourth-order valence-electron chi connectivity index (χ4n) is 1.48. The third-order valence-corrected chi connectivity index (χ3v) is 2.29. The van der Waals surface area contributed by atoms with Crippen LogP contribution in [0.2, 0.25) is 0 Å². The summed E-state index contributed by atoms with van der Waals surface area (Å²) in [5.41, 5.74) is 0. The standard InChI is InChI=1S/C11H20O3/c1-3-4-5-6-7-10(11(13)14)8-9(2)12/h10H,3-8H2,1-2H3,(H,13,14)/t10-/m0/s1. The van der Waals surface area contributed by atoms with Gasteiger partial charge in [-0.25, -0.2) is 0 Å². The van der Waals surface area contributed by atoms with Crippen LogP contribution in [0.25, 0.3) is 0 Å². The molecule has 3 heteroatoms. The van der Waals surface area contributed by atoms with Gasteiger partial charge in [-0.05, 0) is 13.3 Å². The molecule has 0 aliphatic carbocycles. The van der Waals surface area contributed by atoms with Gasteiger partial charge in [-0.1, -0.05) is 32.6 Å². The van der Waals surface area contributed by atoms with Crippen LogP contribution in [0.3, 0.4) is 0 Å². The van der Waals surface area contributed by atoms with Gasteiger partial charge in [-0.3, -0.25) is 4.79 Å². The molecule has 0 unspecified atom stereocenters. The van der Waals surface area contributed by atoms with Gasteiger partial charge >= 0.3 is 5.97 Å². The minimum atomic E-state index is -0.836. The Bertz CT molecular complexity index is 187. The zero-order chi connectivity index (χ0) is 11.0. The smallest absolute Gasteiger partial charge is 0.306 e. The highest BCUT2D eigenvalue weighted by Gasteiger charge is 2.18. The van der Waals surface area contributed by atoms with E-state index in [2.05, 4.69) is 6.92 Å². The fourth-order valence-corrected chi connectivity index (χ4v) is 1.48. The molecule has 0 aliphatic heterocycles. The van der Waals surface area contributed by atoms with Gasteiger partial charge in [0, 0.05) is 6.42 Å². The zero-order valence-electron chi connectivity index (χ0n) is 9.08. The van der Waals surface area contributed by atoms with Crippen LogP contribution in [0, 0.1) is 5.92 Å². The van der Waals surface area contributed by atoms with Crippen LogP contribution < -0.4 is 0 Å². The second-order valence-corrected chi connectivity index (χ2v) is 3.79. The largest absolute Gasteiger partial charge is 0.481 e. The lowest BCUT2D eigenvalue weighted by Gasteiger charge is -2.09. The maximum absolute atomic E-state index is 10.8. The summed E-state index contributed by atoms with van der Waals surface area (Å²) in [6.07, 6.45) is 5.09. The molecule has 0 aromatic rings. The first kappa shape index (κ1) is 13.1. The van der Waals surface area contributed by atoms with Crippen molar-refractivity contribution in [1.29, 1.82) is 0 Å². The number of unbranched alkanes of at least 4 members (excludes halogenated alkanes) is 3. The van der Waals surface area contributed by atoms with E-state index in [1.165, 1.54) is 6.92 Å². The molecule has 82 valence electrons. The Labute approximate surface area is 85.5 Å². The Hall–Kier alpha value is -0.860. The number of carboxylic acid groups (broad SMARTS) is 1. The Morgan fingerprint density at radius 3 is 2.29 bits per heavy atom. The Kier molecular flexibility index (Phi) is 7.07. The third-order valence-electron chi connectivity index (χ3n) is 2.29. The Morgan fingerprint density at radius 2 is 1.86 bits per heavy atom. The van der Waals surface area contributed by atoms with Crippen molar-refractivity contribution >= 4 is 11.8 Å². The highest BCUT2D eigenvalue weighted by atomic mass is 16.4. The van der Waals surface area contributed by atoms with Crippen LogP contribution in [-0.4, -0.2) is 16.9 Å². The number of carbonyl (C=O) groups excluding carboxylic acids is 1. The van der Waals surface area contributed by atoms with Crippen LogP contribution in [0.15, 0.2) is 0 Å². The van der Waals surface area contributed by atoms with Gasteiger partial charge in [0.25, 0.3) is 0 Å². The van der Waals surface area contributed by atoms with Gasteiger partial charge < -0.3 is 9.90 Å². The fraction of sp³-hybridized carbons (Fsp3) is 0.818. The number of hydrogen-bond donors (Lipinski definition) is 1. The lowest BCUT2D eigenvalue weighted by Crippen LogP contribution is -2.16. The summed E-state index contributed by atoms with van der Waals surface area (Å²) in [5.74, 6) is -1.34. The predicted octanol–water partition coefficient (Wildman–Crippen LogP) is 2.64. The van der Waals surface area contributed by atoms with E-state index in [9.17, 15) is 9.59 Å². The normalized spacial score (nSPS) is 12.4. The molecule has 0 spiro atoms. The van der Waals surface area contributed by atoms with Gasteiger partial charge in [0.05, 0.1) is 5.92 Å². The number of hydrogen-bond acceptors (Lipinski definition) is 2. The molecule has 0 aromatic heterocycles. The van der Waals surface area contributed by atoms with E-state index in [1.807, 2.05) is 0 Å². The number of Topliss-reactive ketones (excluding diaryl/α,β-unsaturated/α-hetero) is 1. The van der Waals surface area contributed by atoms with Crippen molar-refractivity contribution in [2.45, 2.75) is 52.4 Å². The second kappa shape index (κ2) is 7.54. The van der Waals surface area contributed by atoms with E-state index in [0.29, 0.717) is 6.42 Å². The SMILES string of the molecule is CCCCCC[C@@H](CC(C)=O)C(=O)O.